The van der Waals surface area contributed by atoms with Crippen molar-refractivity contribution in [3.63, 3.8) is 0 Å². The van der Waals surface area contributed by atoms with Gasteiger partial charge in [0.1, 0.15) is 5.82 Å². The molecule has 18 heavy (non-hydrogen) atoms. The van der Waals surface area contributed by atoms with E-state index in [2.05, 4.69) is 0 Å². The molecule has 0 atom stereocenters. The van der Waals surface area contributed by atoms with Crippen molar-refractivity contribution in [3.05, 3.63) is 65.5 Å². The number of hydrogen-bond donors (Lipinski definition) is 1. The van der Waals surface area contributed by atoms with Gasteiger partial charge in [0.05, 0.1) is 23.9 Å². The molecule has 2 aromatic rings. The third kappa shape index (κ3) is 2.84. The molecule has 0 aromatic heterocycles. The first-order valence-electron chi connectivity index (χ1n) is 5.46. The van der Waals surface area contributed by atoms with Gasteiger partial charge in [-0.1, -0.05) is 12.1 Å². The Hall–Kier alpha value is -2.38. The molecule has 0 saturated carbocycles. The third-order valence-electron chi connectivity index (χ3n) is 2.59. The molecule has 90 valence electrons. The summed E-state index contributed by atoms with van der Waals surface area (Å²) in [5, 5.41) is 10.2. The van der Waals surface area contributed by atoms with Gasteiger partial charge < -0.3 is 5.01 Å². The maximum Gasteiger partial charge on any atom is 0.123 e. The highest BCUT2D eigenvalue weighted by Gasteiger charge is 2.03. The van der Waals surface area contributed by atoms with E-state index in [0.29, 0.717) is 12.1 Å². The number of benzene rings is 2. The highest BCUT2D eigenvalue weighted by molar-refractivity contribution is 5.48. The van der Waals surface area contributed by atoms with Crippen molar-refractivity contribution in [2.75, 3.05) is 5.01 Å². The first-order valence-corrected chi connectivity index (χ1v) is 5.46. The summed E-state index contributed by atoms with van der Waals surface area (Å²) in [7, 11) is 0. The molecular weight excluding hydrogens is 229 g/mol. The number of nitrogens with two attached hydrogens (primary N) is 1. The molecule has 0 radical (unpaired) electrons. The van der Waals surface area contributed by atoms with Crippen LogP contribution in [0.3, 0.4) is 0 Å². The number of hydrogen-bond acceptors (Lipinski definition) is 3. The predicted octanol–water partition coefficient (Wildman–Crippen LogP) is 2.58. The average molecular weight is 241 g/mol. The van der Waals surface area contributed by atoms with E-state index in [1.807, 2.05) is 6.07 Å². The first kappa shape index (κ1) is 12.1. The number of nitrogens with zero attached hydrogens (tertiary/aromatic N) is 2. The van der Waals surface area contributed by atoms with Gasteiger partial charge in [0.25, 0.3) is 0 Å². The quantitative estimate of drug-likeness (QED) is 0.663. The zero-order valence-electron chi connectivity index (χ0n) is 9.68. The van der Waals surface area contributed by atoms with E-state index in [4.69, 9.17) is 11.1 Å². The van der Waals surface area contributed by atoms with Crippen LogP contribution in [-0.2, 0) is 6.54 Å². The van der Waals surface area contributed by atoms with E-state index >= 15 is 0 Å². The molecule has 0 fully saturated rings. The molecule has 0 unspecified atom stereocenters. The molecule has 2 aromatic carbocycles. The molecule has 0 spiro atoms. The Morgan fingerprint density at radius 3 is 2.22 bits per heavy atom. The third-order valence-corrected chi connectivity index (χ3v) is 2.59. The average Bonchev–Trinajstić information content (AvgIpc) is 2.41. The molecule has 0 aliphatic rings. The zero-order chi connectivity index (χ0) is 13.0. The Morgan fingerprint density at radius 1 is 1.06 bits per heavy atom. The minimum atomic E-state index is -0.263. The Morgan fingerprint density at radius 2 is 1.67 bits per heavy atom. The normalized spacial score (nSPS) is 9.83. The van der Waals surface area contributed by atoms with Gasteiger partial charge in [-0.3, -0.25) is 0 Å². The first-order chi connectivity index (χ1) is 8.69. The van der Waals surface area contributed by atoms with E-state index in [0.717, 1.165) is 11.3 Å². The largest absolute Gasteiger partial charge is 0.307 e. The van der Waals surface area contributed by atoms with Crippen molar-refractivity contribution in [2.45, 2.75) is 6.54 Å². The van der Waals surface area contributed by atoms with E-state index in [1.165, 1.54) is 12.1 Å². The summed E-state index contributed by atoms with van der Waals surface area (Å²) in [6, 6.07) is 15.2. The van der Waals surface area contributed by atoms with Gasteiger partial charge in [0.15, 0.2) is 0 Å². The van der Waals surface area contributed by atoms with Crippen molar-refractivity contribution < 1.29 is 4.39 Å². The number of hydrazine groups is 1. The second kappa shape index (κ2) is 5.30. The summed E-state index contributed by atoms with van der Waals surface area (Å²) in [5.74, 6) is 5.65. The monoisotopic (exact) mass is 241 g/mol. The van der Waals surface area contributed by atoms with Crippen LogP contribution in [0.2, 0.25) is 0 Å². The Bertz CT molecular complexity index is 555. The highest BCUT2D eigenvalue weighted by atomic mass is 19.1. The molecule has 2 N–H and O–H groups in total. The number of nitriles is 1. The number of halogens is 1. The molecule has 2 rings (SSSR count). The van der Waals surface area contributed by atoms with E-state index in [-0.39, 0.29) is 5.82 Å². The lowest BCUT2D eigenvalue weighted by atomic mass is 10.2. The van der Waals surface area contributed by atoms with Crippen molar-refractivity contribution in [3.8, 4) is 6.07 Å². The van der Waals surface area contributed by atoms with Crippen LogP contribution in [-0.4, -0.2) is 0 Å². The fourth-order valence-electron chi connectivity index (χ4n) is 1.61. The van der Waals surface area contributed by atoms with Gasteiger partial charge in [-0.05, 0) is 42.0 Å². The van der Waals surface area contributed by atoms with E-state index in [9.17, 15) is 4.39 Å². The minimum Gasteiger partial charge on any atom is -0.307 e. The van der Waals surface area contributed by atoms with Crippen LogP contribution in [0.5, 0.6) is 0 Å². The maximum absolute atomic E-state index is 12.8. The van der Waals surface area contributed by atoms with Crippen LogP contribution in [0.4, 0.5) is 10.1 Å². The van der Waals surface area contributed by atoms with Gasteiger partial charge in [0, 0.05) is 0 Å². The van der Waals surface area contributed by atoms with Gasteiger partial charge in [0.2, 0.25) is 0 Å². The Balaban J connectivity index is 2.09. The van der Waals surface area contributed by atoms with Crippen LogP contribution in [0.15, 0.2) is 48.5 Å². The predicted molar refractivity (Wildman–Crippen MR) is 67.9 cm³/mol. The minimum absolute atomic E-state index is 0.263. The molecule has 0 heterocycles. The lowest BCUT2D eigenvalue weighted by Crippen LogP contribution is -2.29. The molecule has 0 bridgehead atoms. The van der Waals surface area contributed by atoms with Crippen molar-refractivity contribution in [1.82, 2.24) is 0 Å². The summed E-state index contributed by atoms with van der Waals surface area (Å²) >= 11 is 0. The van der Waals surface area contributed by atoms with Crippen LogP contribution >= 0.6 is 0 Å². The number of anilines is 1. The molecule has 3 nitrogen and oxygen atoms in total. The second-order valence-electron chi connectivity index (χ2n) is 3.91. The van der Waals surface area contributed by atoms with Gasteiger partial charge in [-0.2, -0.15) is 5.26 Å². The lowest BCUT2D eigenvalue weighted by Gasteiger charge is -2.18. The van der Waals surface area contributed by atoms with Crippen molar-refractivity contribution in [2.24, 2.45) is 5.84 Å². The second-order valence-corrected chi connectivity index (χ2v) is 3.91. The van der Waals surface area contributed by atoms with Crippen LogP contribution in [0.1, 0.15) is 11.1 Å². The van der Waals surface area contributed by atoms with E-state index in [1.54, 1.807) is 41.4 Å². The molecule has 0 aliphatic heterocycles. The van der Waals surface area contributed by atoms with Crippen LogP contribution in [0, 0.1) is 17.1 Å². The fourth-order valence-corrected chi connectivity index (χ4v) is 1.61. The molecule has 4 heteroatoms. The standard InChI is InChI=1S/C14H12FN3/c15-13-5-1-12(2-6-13)10-18(17)14-7-3-11(9-16)4-8-14/h1-8H,10,17H2. The van der Waals surface area contributed by atoms with Gasteiger partial charge in [-0.25, -0.2) is 10.2 Å². The van der Waals surface area contributed by atoms with E-state index < -0.39 is 0 Å². The summed E-state index contributed by atoms with van der Waals surface area (Å²) in [5.41, 5.74) is 2.32. The Labute approximate surface area is 105 Å². The van der Waals surface area contributed by atoms with Crippen LogP contribution in [0.25, 0.3) is 0 Å². The van der Waals surface area contributed by atoms with Gasteiger partial charge in [-0.15, -0.1) is 0 Å². The molecule has 0 saturated heterocycles. The van der Waals surface area contributed by atoms with Crippen molar-refractivity contribution >= 4 is 5.69 Å². The van der Waals surface area contributed by atoms with Crippen LogP contribution < -0.4 is 10.9 Å². The smallest absolute Gasteiger partial charge is 0.123 e. The lowest BCUT2D eigenvalue weighted by molar-refractivity contribution is 0.626. The molecule has 0 aliphatic carbocycles. The highest BCUT2D eigenvalue weighted by Crippen LogP contribution is 2.15. The maximum atomic E-state index is 12.8. The Kier molecular flexibility index (Phi) is 3.56. The summed E-state index contributed by atoms with van der Waals surface area (Å²) in [6.45, 7) is 0.478. The summed E-state index contributed by atoms with van der Waals surface area (Å²) in [6.07, 6.45) is 0. The molecule has 0 amide bonds. The zero-order valence-corrected chi connectivity index (χ0v) is 9.68. The summed E-state index contributed by atoms with van der Waals surface area (Å²) < 4.78 is 12.8. The summed E-state index contributed by atoms with van der Waals surface area (Å²) in [4.78, 5) is 0. The van der Waals surface area contributed by atoms with Crippen molar-refractivity contribution in [1.29, 1.82) is 5.26 Å². The fraction of sp³-hybridized carbons (Fsp3) is 0.0714. The SMILES string of the molecule is N#Cc1ccc(N(N)Cc2ccc(F)cc2)cc1. The van der Waals surface area contributed by atoms with Gasteiger partial charge >= 0.3 is 0 Å². The number of rotatable bonds is 3. The molecular formula is C14H12FN3. The topological polar surface area (TPSA) is 53.0 Å².